The Balaban J connectivity index is 2.07. The Morgan fingerprint density at radius 2 is 1.60 bits per heavy atom. The lowest BCUT2D eigenvalue weighted by Crippen LogP contribution is -2.28. The van der Waals surface area contributed by atoms with E-state index in [9.17, 15) is 4.79 Å². The molecule has 20 heavy (non-hydrogen) atoms. The molecule has 0 saturated carbocycles. The van der Waals surface area contributed by atoms with Crippen LogP contribution in [0.3, 0.4) is 0 Å². The molecular weight excluding hydrogens is 246 g/mol. The predicted molar refractivity (Wildman–Crippen MR) is 84.0 cm³/mol. The molecule has 2 nitrogen and oxygen atoms in total. The zero-order chi connectivity index (χ0) is 14.4. The van der Waals surface area contributed by atoms with Gasteiger partial charge in [0.2, 0.25) is 0 Å². The van der Waals surface area contributed by atoms with E-state index in [4.69, 9.17) is 0 Å². The van der Waals surface area contributed by atoms with E-state index >= 15 is 0 Å². The van der Waals surface area contributed by atoms with Crippen molar-refractivity contribution in [1.29, 1.82) is 0 Å². The Morgan fingerprint density at radius 3 is 2.20 bits per heavy atom. The summed E-state index contributed by atoms with van der Waals surface area (Å²) < 4.78 is 0. The van der Waals surface area contributed by atoms with Crippen LogP contribution in [-0.4, -0.2) is 18.4 Å². The quantitative estimate of drug-likeness (QED) is 0.804. The van der Waals surface area contributed by atoms with Gasteiger partial charge in [-0.1, -0.05) is 61.5 Å². The smallest absolute Gasteiger partial charge is 0.164 e. The van der Waals surface area contributed by atoms with Gasteiger partial charge in [-0.25, -0.2) is 0 Å². The van der Waals surface area contributed by atoms with Crippen LogP contribution in [0.15, 0.2) is 54.6 Å². The maximum Gasteiger partial charge on any atom is 0.164 e. The van der Waals surface area contributed by atoms with E-state index in [1.807, 2.05) is 49.4 Å². The Morgan fingerprint density at radius 1 is 1.00 bits per heavy atom. The van der Waals surface area contributed by atoms with Gasteiger partial charge in [-0.2, -0.15) is 0 Å². The summed E-state index contributed by atoms with van der Waals surface area (Å²) in [6, 6.07) is 18.3. The molecule has 0 aromatic heterocycles. The van der Waals surface area contributed by atoms with Crippen molar-refractivity contribution in [2.45, 2.75) is 26.3 Å². The molecule has 2 aromatic rings. The fourth-order valence-corrected chi connectivity index (χ4v) is 2.30. The molecule has 1 atom stereocenters. The molecule has 1 N–H and O–H groups in total. The average molecular weight is 267 g/mol. The first-order valence-corrected chi connectivity index (χ1v) is 7.12. The average Bonchev–Trinajstić information content (AvgIpc) is 2.48. The number of ketones is 1. The maximum absolute atomic E-state index is 12.1. The third kappa shape index (κ3) is 3.78. The number of benzene rings is 2. The molecule has 0 heterocycles. The second kappa shape index (κ2) is 7.01. The van der Waals surface area contributed by atoms with Crippen molar-refractivity contribution in [3.63, 3.8) is 0 Å². The van der Waals surface area contributed by atoms with Gasteiger partial charge in [0.25, 0.3) is 0 Å². The topological polar surface area (TPSA) is 29.1 Å². The largest absolute Gasteiger partial charge is 0.314 e. The van der Waals surface area contributed by atoms with Crippen LogP contribution in [0.5, 0.6) is 0 Å². The molecule has 0 amide bonds. The van der Waals surface area contributed by atoms with Gasteiger partial charge in [0.1, 0.15) is 0 Å². The van der Waals surface area contributed by atoms with Crippen molar-refractivity contribution < 1.29 is 4.79 Å². The number of rotatable bonds is 6. The summed E-state index contributed by atoms with van der Waals surface area (Å²) in [4.78, 5) is 12.1. The van der Waals surface area contributed by atoms with Gasteiger partial charge in [0, 0.05) is 18.0 Å². The van der Waals surface area contributed by atoms with Gasteiger partial charge in [-0.15, -0.1) is 0 Å². The molecule has 0 radical (unpaired) electrons. The Labute approximate surface area is 120 Å². The van der Waals surface area contributed by atoms with E-state index in [0.717, 1.165) is 17.7 Å². The lowest BCUT2D eigenvalue weighted by molar-refractivity contribution is 0.0972. The molecule has 0 fully saturated rings. The van der Waals surface area contributed by atoms with Crippen LogP contribution in [0.1, 0.15) is 30.6 Å². The highest BCUT2D eigenvalue weighted by Crippen LogP contribution is 2.19. The van der Waals surface area contributed by atoms with Crippen LogP contribution >= 0.6 is 0 Å². The van der Waals surface area contributed by atoms with Gasteiger partial charge < -0.3 is 5.32 Å². The highest BCUT2D eigenvalue weighted by Gasteiger charge is 2.10. The van der Waals surface area contributed by atoms with Crippen LogP contribution < -0.4 is 5.32 Å². The summed E-state index contributed by atoms with van der Waals surface area (Å²) >= 11 is 0. The second-order valence-corrected chi connectivity index (χ2v) is 5.03. The molecule has 0 aliphatic heterocycles. The Kier molecular flexibility index (Phi) is 5.08. The van der Waals surface area contributed by atoms with Crippen molar-refractivity contribution in [2.75, 3.05) is 6.54 Å². The van der Waals surface area contributed by atoms with E-state index in [2.05, 4.69) is 24.4 Å². The monoisotopic (exact) mass is 267 g/mol. The number of carbonyl (C=O) groups excluding carboxylic acids is 1. The summed E-state index contributed by atoms with van der Waals surface area (Å²) in [5.74, 6) is 0.193. The Bertz CT molecular complexity index is 545. The second-order valence-electron chi connectivity index (χ2n) is 5.03. The van der Waals surface area contributed by atoms with Crippen LogP contribution in [-0.2, 0) is 0 Å². The van der Waals surface area contributed by atoms with E-state index in [1.165, 1.54) is 5.56 Å². The van der Waals surface area contributed by atoms with Gasteiger partial charge in [0.15, 0.2) is 5.78 Å². The minimum Gasteiger partial charge on any atom is -0.314 e. The van der Waals surface area contributed by atoms with Gasteiger partial charge in [0.05, 0.1) is 0 Å². The third-order valence-corrected chi connectivity index (χ3v) is 3.36. The molecule has 1 unspecified atom stereocenters. The van der Waals surface area contributed by atoms with Gasteiger partial charge in [-0.05, 0) is 24.6 Å². The summed E-state index contributed by atoms with van der Waals surface area (Å²) in [7, 11) is 0. The van der Waals surface area contributed by atoms with Crippen molar-refractivity contribution >= 4 is 5.78 Å². The van der Waals surface area contributed by atoms with Crippen molar-refractivity contribution in [2.24, 2.45) is 0 Å². The number of hydrogen-bond donors (Lipinski definition) is 1. The van der Waals surface area contributed by atoms with Crippen molar-refractivity contribution in [1.82, 2.24) is 5.32 Å². The standard InChI is InChI=1S/C18H21NO/c1-3-19-14(2)13-18(20)17-11-9-16(10-12-17)15-7-5-4-6-8-15/h4-12,14,19H,3,13H2,1-2H3. The molecule has 0 spiro atoms. The molecule has 0 bridgehead atoms. The van der Waals surface area contributed by atoms with Crippen LogP contribution in [0.4, 0.5) is 0 Å². The highest BCUT2D eigenvalue weighted by molar-refractivity contribution is 5.96. The maximum atomic E-state index is 12.1. The summed E-state index contributed by atoms with van der Waals surface area (Å²) in [5, 5.41) is 3.26. The fraction of sp³-hybridized carbons (Fsp3) is 0.278. The first-order chi connectivity index (χ1) is 9.70. The minimum absolute atomic E-state index is 0.193. The lowest BCUT2D eigenvalue weighted by atomic mass is 10.00. The van der Waals surface area contributed by atoms with Crippen LogP contribution in [0.25, 0.3) is 11.1 Å². The zero-order valence-corrected chi connectivity index (χ0v) is 12.1. The minimum atomic E-state index is 0.193. The van der Waals surface area contributed by atoms with Gasteiger partial charge in [-0.3, -0.25) is 4.79 Å². The van der Waals surface area contributed by atoms with Crippen LogP contribution in [0, 0.1) is 0 Å². The zero-order valence-electron chi connectivity index (χ0n) is 12.1. The van der Waals surface area contributed by atoms with E-state index in [1.54, 1.807) is 0 Å². The third-order valence-electron chi connectivity index (χ3n) is 3.36. The molecule has 2 heteroatoms. The van der Waals surface area contributed by atoms with E-state index in [-0.39, 0.29) is 11.8 Å². The number of Topliss-reactive ketones (excluding diaryl/α,β-unsaturated/α-hetero) is 1. The molecule has 0 aliphatic rings. The van der Waals surface area contributed by atoms with Crippen LogP contribution in [0.2, 0.25) is 0 Å². The normalized spacial score (nSPS) is 12.1. The summed E-state index contributed by atoms with van der Waals surface area (Å²) in [5.41, 5.74) is 3.10. The van der Waals surface area contributed by atoms with Crippen molar-refractivity contribution in [3.05, 3.63) is 60.2 Å². The number of hydrogen-bond acceptors (Lipinski definition) is 2. The molecule has 2 aromatic carbocycles. The molecular formula is C18H21NO. The molecule has 0 aliphatic carbocycles. The lowest BCUT2D eigenvalue weighted by Gasteiger charge is -2.11. The molecule has 0 saturated heterocycles. The van der Waals surface area contributed by atoms with E-state index in [0.29, 0.717) is 6.42 Å². The van der Waals surface area contributed by atoms with Crippen molar-refractivity contribution in [3.8, 4) is 11.1 Å². The summed E-state index contributed by atoms with van der Waals surface area (Å²) in [6.07, 6.45) is 0.540. The number of carbonyl (C=O) groups is 1. The predicted octanol–water partition coefficient (Wildman–Crippen LogP) is 3.92. The fourth-order valence-electron chi connectivity index (χ4n) is 2.30. The first kappa shape index (κ1) is 14.5. The Hall–Kier alpha value is -1.93. The highest BCUT2D eigenvalue weighted by atomic mass is 16.1. The van der Waals surface area contributed by atoms with Gasteiger partial charge >= 0.3 is 0 Å². The summed E-state index contributed by atoms with van der Waals surface area (Å²) in [6.45, 7) is 4.98. The molecule has 2 rings (SSSR count). The first-order valence-electron chi connectivity index (χ1n) is 7.12. The SMILES string of the molecule is CCNC(C)CC(=O)c1ccc(-c2ccccc2)cc1. The molecule has 104 valence electrons. The number of nitrogens with one attached hydrogen (secondary N) is 1. The van der Waals surface area contributed by atoms with E-state index < -0.39 is 0 Å².